The Morgan fingerprint density at radius 3 is 2.77 bits per heavy atom. The molecule has 4 rings (SSSR count). The number of aromatic nitrogens is 3. The molecule has 1 amide bonds. The number of sulfonamides is 1. The number of para-hydroxylation sites is 1. The highest BCUT2D eigenvalue weighted by atomic mass is 32.2. The van der Waals surface area contributed by atoms with Crippen LogP contribution in [0.2, 0.25) is 0 Å². The van der Waals surface area contributed by atoms with Gasteiger partial charge < -0.3 is 5.32 Å². The monoisotopic (exact) mass is 373 g/mol. The first kappa shape index (κ1) is 16.2. The second kappa shape index (κ2) is 5.63. The van der Waals surface area contributed by atoms with Gasteiger partial charge in [0.15, 0.2) is 0 Å². The first-order chi connectivity index (χ1) is 12.3. The van der Waals surface area contributed by atoms with E-state index in [0.29, 0.717) is 16.9 Å². The third-order valence-electron chi connectivity index (χ3n) is 3.86. The van der Waals surface area contributed by atoms with Crippen molar-refractivity contribution in [2.45, 2.75) is 11.8 Å². The lowest BCUT2D eigenvalue weighted by molar-refractivity contribution is 0.101. The van der Waals surface area contributed by atoms with Crippen molar-refractivity contribution in [3.05, 3.63) is 59.7 Å². The van der Waals surface area contributed by atoms with Crippen molar-refractivity contribution >= 4 is 27.6 Å². The van der Waals surface area contributed by atoms with Gasteiger partial charge in [0.25, 0.3) is 15.9 Å². The van der Waals surface area contributed by atoms with Gasteiger partial charge in [0.1, 0.15) is 10.7 Å². The molecule has 132 valence electrons. The Kier molecular flexibility index (Phi) is 3.51. The summed E-state index contributed by atoms with van der Waals surface area (Å²) in [5, 5.41) is 6.68. The quantitative estimate of drug-likeness (QED) is 0.715. The number of benzene rings is 2. The molecule has 0 fully saturated rings. The molecule has 0 unspecified atom stereocenters. The highest BCUT2D eigenvalue weighted by molar-refractivity contribution is 7.92. The predicted molar refractivity (Wildman–Crippen MR) is 91.3 cm³/mol. The number of nitrogens with zero attached hydrogens (tertiary/aromatic N) is 3. The van der Waals surface area contributed by atoms with E-state index >= 15 is 0 Å². The molecule has 0 saturated heterocycles. The standard InChI is InChI=1S/C16H12FN5O3S/c1-9-8-10(17)6-7-11(9)18-15(23)14-19-16-21-26(24,25)13-5-3-2-4-12(13)22(16)20-14/h2-8H,1H3,(H,18,23)(H,19,20,21). The highest BCUT2D eigenvalue weighted by Crippen LogP contribution is 2.29. The zero-order valence-corrected chi connectivity index (χ0v) is 14.2. The van der Waals surface area contributed by atoms with E-state index in [1.54, 1.807) is 25.1 Å². The fourth-order valence-corrected chi connectivity index (χ4v) is 3.79. The van der Waals surface area contributed by atoms with Gasteiger partial charge in [-0.2, -0.15) is 9.67 Å². The van der Waals surface area contributed by atoms with Crippen LogP contribution in [0, 0.1) is 12.7 Å². The molecule has 0 radical (unpaired) electrons. The third kappa shape index (κ3) is 2.60. The zero-order chi connectivity index (χ0) is 18.5. The van der Waals surface area contributed by atoms with E-state index in [2.05, 4.69) is 20.1 Å². The molecule has 0 aliphatic carbocycles. The molecular weight excluding hydrogens is 361 g/mol. The third-order valence-corrected chi connectivity index (χ3v) is 5.23. The number of aryl methyl sites for hydroxylation is 1. The topological polar surface area (TPSA) is 106 Å². The lowest BCUT2D eigenvalue weighted by Crippen LogP contribution is -2.23. The average molecular weight is 373 g/mol. The summed E-state index contributed by atoms with van der Waals surface area (Å²) >= 11 is 0. The van der Waals surface area contributed by atoms with Crippen LogP contribution in [0.15, 0.2) is 47.4 Å². The molecule has 1 aromatic heterocycles. The summed E-state index contributed by atoms with van der Waals surface area (Å²) in [5.41, 5.74) is 1.24. The van der Waals surface area contributed by atoms with E-state index in [4.69, 9.17) is 0 Å². The number of hydrogen-bond donors (Lipinski definition) is 2. The van der Waals surface area contributed by atoms with Crippen LogP contribution in [0.5, 0.6) is 0 Å². The molecule has 2 N–H and O–H groups in total. The van der Waals surface area contributed by atoms with Crippen LogP contribution in [0.4, 0.5) is 16.0 Å². The maximum Gasteiger partial charge on any atom is 0.295 e. The Hall–Kier alpha value is -3.27. The van der Waals surface area contributed by atoms with Crippen molar-refractivity contribution in [2.24, 2.45) is 0 Å². The Morgan fingerprint density at radius 1 is 1.23 bits per heavy atom. The molecule has 10 heteroatoms. The van der Waals surface area contributed by atoms with Crippen LogP contribution in [-0.4, -0.2) is 29.1 Å². The average Bonchev–Trinajstić information content (AvgIpc) is 3.01. The van der Waals surface area contributed by atoms with E-state index in [1.807, 2.05) is 0 Å². The molecule has 0 spiro atoms. The number of amides is 1. The van der Waals surface area contributed by atoms with Gasteiger partial charge in [0.05, 0.1) is 5.69 Å². The maximum absolute atomic E-state index is 13.2. The molecule has 1 aliphatic heterocycles. The lowest BCUT2D eigenvalue weighted by Gasteiger charge is -2.17. The van der Waals surface area contributed by atoms with Crippen LogP contribution in [0.25, 0.3) is 5.69 Å². The Labute approximate surface area is 147 Å². The summed E-state index contributed by atoms with van der Waals surface area (Å²) in [6, 6.07) is 10.2. The van der Waals surface area contributed by atoms with Gasteiger partial charge in [-0.3, -0.25) is 4.79 Å². The van der Waals surface area contributed by atoms with Gasteiger partial charge in [-0.1, -0.05) is 12.1 Å². The molecule has 0 saturated carbocycles. The summed E-state index contributed by atoms with van der Waals surface area (Å²) in [7, 11) is -3.78. The van der Waals surface area contributed by atoms with E-state index < -0.39 is 21.7 Å². The molecule has 2 heterocycles. The molecule has 1 aliphatic rings. The van der Waals surface area contributed by atoms with Crippen LogP contribution >= 0.6 is 0 Å². The summed E-state index contributed by atoms with van der Waals surface area (Å²) in [6.07, 6.45) is 0. The highest BCUT2D eigenvalue weighted by Gasteiger charge is 2.30. The van der Waals surface area contributed by atoms with Gasteiger partial charge in [-0.15, -0.1) is 5.10 Å². The van der Waals surface area contributed by atoms with Crippen molar-refractivity contribution in [2.75, 3.05) is 10.0 Å². The number of halogens is 1. The summed E-state index contributed by atoms with van der Waals surface area (Å²) in [4.78, 5) is 16.4. The second-order valence-corrected chi connectivity index (χ2v) is 7.31. The van der Waals surface area contributed by atoms with Gasteiger partial charge in [-0.25, -0.2) is 17.5 Å². The molecular formula is C16H12FN5O3S. The van der Waals surface area contributed by atoms with Crippen molar-refractivity contribution < 1.29 is 17.6 Å². The normalized spacial score (nSPS) is 14.1. The second-order valence-electron chi connectivity index (χ2n) is 5.66. The van der Waals surface area contributed by atoms with E-state index in [-0.39, 0.29) is 16.7 Å². The van der Waals surface area contributed by atoms with Gasteiger partial charge in [-0.05, 0) is 42.8 Å². The molecule has 0 bridgehead atoms. The molecule has 2 aromatic carbocycles. The van der Waals surface area contributed by atoms with Crippen LogP contribution < -0.4 is 10.0 Å². The summed E-state index contributed by atoms with van der Waals surface area (Å²) in [5.74, 6) is -1.35. The van der Waals surface area contributed by atoms with E-state index in [1.165, 1.54) is 28.9 Å². The first-order valence-electron chi connectivity index (χ1n) is 7.52. The van der Waals surface area contributed by atoms with E-state index in [0.717, 1.165) is 0 Å². The minimum atomic E-state index is -3.78. The van der Waals surface area contributed by atoms with Crippen molar-refractivity contribution in [3.8, 4) is 5.69 Å². The predicted octanol–water partition coefficient (Wildman–Crippen LogP) is 2.08. The fraction of sp³-hybridized carbons (Fsp3) is 0.0625. The van der Waals surface area contributed by atoms with Gasteiger partial charge >= 0.3 is 0 Å². The molecule has 26 heavy (non-hydrogen) atoms. The van der Waals surface area contributed by atoms with Crippen molar-refractivity contribution in [1.29, 1.82) is 0 Å². The number of rotatable bonds is 2. The Bertz CT molecular complexity index is 1160. The SMILES string of the molecule is Cc1cc(F)ccc1NC(=O)c1nc2n(n1)-c1ccccc1S(=O)(=O)N2. The minimum Gasteiger partial charge on any atom is -0.319 e. The van der Waals surface area contributed by atoms with E-state index in [9.17, 15) is 17.6 Å². The molecule has 3 aromatic rings. The fourth-order valence-electron chi connectivity index (χ4n) is 2.62. The van der Waals surface area contributed by atoms with Crippen molar-refractivity contribution in [1.82, 2.24) is 14.8 Å². The van der Waals surface area contributed by atoms with Gasteiger partial charge in [0, 0.05) is 5.69 Å². The largest absolute Gasteiger partial charge is 0.319 e. The number of carbonyl (C=O) groups excluding carboxylic acids is 1. The smallest absolute Gasteiger partial charge is 0.295 e. The van der Waals surface area contributed by atoms with Crippen molar-refractivity contribution in [3.63, 3.8) is 0 Å². The van der Waals surface area contributed by atoms with Crippen LogP contribution in [0.1, 0.15) is 16.2 Å². The zero-order valence-electron chi connectivity index (χ0n) is 13.4. The number of fused-ring (bicyclic) bond motifs is 3. The number of anilines is 2. The Morgan fingerprint density at radius 2 is 2.00 bits per heavy atom. The summed E-state index contributed by atoms with van der Waals surface area (Å²) in [6.45, 7) is 1.65. The minimum absolute atomic E-state index is 0.0405. The first-order valence-corrected chi connectivity index (χ1v) is 9.00. The number of carbonyl (C=O) groups is 1. The maximum atomic E-state index is 13.2. The Balaban J connectivity index is 1.71. The van der Waals surface area contributed by atoms with Crippen LogP contribution in [0.3, 0.4) is 0 Å². The number of nitrogens with one attached hydrogen (secondary N) is 2. The lowest BCUT2D eigenvalue weighted by atomic mass is 10.2. The number of hydrogen-bond acceptors (Lipinski definition) is 5. The molecule has 0 atom stereocenters. The summed E-state index contributed by atoms with van der Waals surface area (Å²) < 4.78 is 41.2. The van der Waals surface area contributed by atoms with Crippen LogP contribution in [-0.2, 0) is 10.0 Å². The molecule has 8 nitrogen and oxygen atoms in total. The van der Waals surface area contributed by atoms with Gasteiger partial charge in [0.2, 0.25) is 11.8 Å².